The first-order chi connectivity index (χ1) is 17.9. The number of hydrogen-bond donors (Lipinski definition) is 3. The van der Waals surface area contributed by atoms with E-state index in [1.54, 1.807) is 54.5 Å². The number of amides is 1. The van der Waals surface area contributed by atoms with E-state index in [2.05, 4.69) is 30.5 Å². The minimum Gasteiger partial charge on any atom is -0.339 e. The number of anilines is 2. The highest BCUT2D eigenvalue weighted by Crippen LogP contribution is 2.31. The van der Waals surface area contributed by atoms with Crippen molar-refractivity contribution in [2.24, 2.45) is 7.05 Å². The Bertz CT molecular complexity index is 1700. The van der Waals surface area contributed by atoms with Crippen molar-refractivity contribution in [2.45, 2.75) is 19.8 Å². The van der Waals surface area contributed by atoms with Crippen LogP contribution < -0.4 is 16.0 Å². The molecule has 1 aliphatic rings. The van der Waals surface area contributed by atoms with E-state index in [0.717, 1.165) is 37.0 Å². The summed E-state index contributed by atoms with van der Waals surface area (Å²) in [5.74, 6) is 0.794. The number of fused-ring (bicyclic) bond motifs is 2. The summed E-state index contributed by atoms with van der Waals surface area (Å²) in [5, 5.41) is 6.18. The molecular weight excluding hydrogens is 472 g/mol. The zero-order valence-corrected chi connectivity index (χ0v) is 20.7. The first kappa shape index (κ1) is 22.7. The van der Waals surface area contributed by atoms with Gasteiger partial charge in [0.1, 0.15) is 22.6 Å². The van der Waals surface area contributed by atoms with E-state index >= 15 is 0 Å². The molecule has 188 valence electrons. The number of hydrazine groups is 1. The lowest BCUT2D eigenvalue weighted by molar-refractivity contribution is 0.0792. The summed E-state index contributed by atoms with van der Waals surface area (Å²) in [5.41, 5.74) is 7.59. The highest BCUT2D eigenvalue weighted by molar-refractivity contribution is 6.00. The molecule has 0 bridgehead atoms. The predicted molar refractivity (Wildman–Crippen MR) is 140 cm³/mol. The first-order valence-electron chi connectivity index (χ1n) is 12.1. The van der Waals surface area contributed by atoms with Crippen LogP contribution in [-0.2, 0) is 7.05 Å². The molecule has 3 N–H and O–H groups in total. The lowest BCUT2D eigenvalue weighted by Gasteiger charge is -2.20. The van der Waals surface area contributed by atoms with E-state index in [1.165, 1.54) is 0 Å². The van der Waals surface area contributed by atoms with Crippen LogP contribution in [0.1, 0.15) is 28.8 Å². The van der Waals surface area contributed by atoms with Gasteiger partial charge in [0.2, 0.25) is 5.95 Å². The molecule has 0 atom stereocenters. The number of nitrogens with one attached hydrogen (secondary N) is 3. The fraction of sp³-hybridized carbons (Fsp3) is 0.280. The van der Waals surface area contributed by atoms with Crippen molar-refractivity contribution in [3.63, 3.8) is 0 Å². The SMILES string of the molecule is Cc1cc2[nH]c(-c3c(NN(C)c4ncccn4)c4nn(C)cc4[nH]c3=O)nc2cc1C(=O)N1CCCC1. The average Bonchev–Trinajstić information content (AvgIpc) is 3.63. The molecule has 1 saturated heterocycles. The quantitative estimate of drug-likeness (QED) is 0.314. The predicted octanol–water partition coefficient (Wildman–Crippen LogP) is 2.60. The van der Waals surface area contributed by atoms with Gasteiger partial charge in [0.25, 0.3) is 11.5 Å². The maximum Gasteiger partial charge on any atom is 0.261 e. The van der Waals surface area contributed by atoms with Gasteiger partial charge in [-0.05, 0) is 43.5 Å². The van der Waals surface area contributed by atoms with Gasteiger partial charge in [0.15, 0.2) is 0 Å². The number of H-pyrrole nitrogens is 2. The molecule has 5 aromatic rings. The second-order valence-electron chi connectivity index (χ2n) is 9.26. The molecule has 0 aliphatic carbocycles. The summed E-state index contributed by atoms with van der Waals surface area (Å²) < 4.78 is 1.63. The standard InChI is InChI=1S/C25H26N10O2/c1-14-11-16-17(12-15(14)24(37)35-9-4-5-10-35)29-22(28-16)19-21(32-34(3)25-26-7-6-8-27-25)20-18(30-23(19)36)13-33(2)31-20/h6-8,11-13,32H,4-5,9-10H2,1-3H3,(H,28,29)(H,30,36). The topological polar surface area (TPSA) is 141 Å². The third-order valence-corrected chi connectivity index (χ3v) is 6.61. The highest BCUT2D eigenvalue weighted by Gasteiger charge is 2.24. The van der Waals surface area contributed by atoms with Crippen molar-refractivity contribution >= 4 is 39.6 Å². The van der Waals surface area contributed by atoms with E-state index < -0.39 is 0 Å². The van der Waals surface area contributed by atoms with Crippen molar-refractivity contribution in [2.75, 3.05) is 30.6 Å². The minimum atomic E-state index is -0.338. The minimum absolute atomic E-state index is 0.0149. The molecule has 6 rings (SSSR count). The fourth-order valence-electron chi connectivity index (χ4n) is 4.80. The van der Waals surface area contributed by atoms with Gasteiger partial charge in [-0.15, -0.1) is 0 Å². The maximum atomic E-state index is 13.4. The summed E-state index contributed by atoms with van der Waals surface area (Å²) >= 11 is 0. The highest BCUT2D eigenvalue weighted by atomic mass is 16.2. The Balaban J connectivity index is 1.48. The molecule has 0 spiro atoms. The lowest BCUT2D eigenvalue weighted by atomic mass is 10.1. The molecule has 12 heteroatoms. The Kier molecular flexibility index (Phi) is 5.36. The van der Waals surface area contributed by atoms with Gasteiger partial charge in [-0.2, -0.15) is 5.10 Å². The van der Waals surface area contributed by atoms with Crippen molar-refractivity contribution in [1.82, 2.24) is 39.6 Å². The van der Waals surface area contributed by atoms with E-state index in [9.17, 15) is 9.59 Å². The van der Waals surface area contributed by atoms with Crippen LogP contribution in [0.4, 0.5) is 11.6 Å². The molecule has 1 amide bonds. The molecule has 0 unspecified atom stereocenters. The van der Waals surface area contributed by atoms with Crippen LogP contribution in [0.5, 0.6) is 0 Å². The van der Waals surface area contributed by atoms with Crippen molar-refractivity contribution in [3.8, 4) is 11.4 Å². The summed E-state index contributed by atoms with van der Waals surface area (Å²) in [7, 11) is 3.54. The van der Waals surface area contributed by atoms with E-state index in [1.807, 2.05) is 17.9 Å². The Morgan fingerprint density at radius 2 is 1.86 bits per heavy atom. The second-order valence-corrected chi connectivity index (χ2v) is 9.26. The molecule has 1 fully saturated rings. The van der Waals surface area contributed by atoms with Gasteiger partial charge < -0.3 is 14.9 Å². The van der Waals surface area contributed by atoms with E-state index in [-0.39, 0.29) is 17.0 Å². The number of nitrogens with zero attached hydrogens (tertiary/aromatic N) is 7. The fourth-order valence-corrected chi connectivity index (χ4v) is 4.80. The normalized spacial score (nSPS) is 13.5. The average molecular weight is 499 g/mol. The molecule has 1 aromatic carbocycles. The van der Waals surface area contributed by atoms with Crippen molar-refractivity contribution < 1.29 is 4.79 Å². The van der Waals surface area contributed by atoms with E-state index in [0.29, 0.717) is 39.6 Å². The summed E-state index contributed by atoms with van der Waals surface area (Å²) in [6, 6.07) is 5.43. The lowest BCUT2D eigenvalue weighted by Crippen LogP contribution is -2.28. The molecule has 0 radical (unpaired) electrons. The number of aromatic amines is 2. The number of benzene rings is 1. The summed E-state index contributed by atoms with van der Waals surface area (Å²) in [6.07, 6.45) is 7.06. The largest absolute Gasteiger partial charge is 0.339 e. The maximum absolute atomic E-state index is 13.4. The molecular formula is C25H26N10O2. The number of likely N-dealkylation sites (tertiary alicyclic amines) is 1. The number of aromatic nitrogens is 7. The third kappa shape index (κ3) is 3.96. The molecule has 5 heterocycles. The van der Waals surface area contributed by atoms with Crippen LogP contribution in [0.2, 0.25) is 0 Å². The van der Waals surface area contributed by atoms with Crippen LogP contribution in [0.25, 0.3) is 33.5 Å². The Morgan fingerprint density at radius 3 is 2.62 bits per heavy atom. The van der Waals surface area contributed by atoms with Gasteiger partial charge in [-0.25, -0.2) is 15.0 Å². The number of imidazole rings is 1. The summed E-state index contributed by atoms with van der Waals surface area (Å²) in [6.45, 7) is 3.46. The number of pyridine rings is 1. The zero-order chi connectivity index (χ0) is 25.7. The van der Waals surface area contributed by atoms with Crippen LogP contribution >= 0.6 is 0 Å². The van der Waals surface area contributed by atoms with Gasteiger partial charge in [0, 0.05) is 51.3 Å². The molecule has 12 nitrogen and oxygen atoms in total. The van der Waals surface area contributed by atoms with E-state index in [4.69, 9.17) is 4.98 Å². The van der Waals surface area contributed by atoms with Crippen molar-refractivity contribution in [1.29, 1.82) is 0 Å². The molecule has 4 aromatic heterocycles. The van der Waals surface area contributed by atoms with Gasteiger partial charge in [0.05, 0.1) is 16.6 Å². The molecule has 37 heavy (non-hydrogen) atoms. The molecule has 0 saturated carbocycles. The third-order valence-electron chi connectivity index (χ3n) is 6.61. The van der Waals surface area contributed by atoms with Gasteiger partial charge in [-0.3, -0.25) is 24.7 Å². The van der Waals surface area contributed by atoms with Gasteiger partial charge >= 0.3 is 0 Å². The number of carbonyl (C=O) groups excluding carboxylic acids is 1. The Morgan fingerprint density at radius 1 is 1.11 bits per heavy atom. The van der Waals surface area contributed by atoms with Crippen molar-refractivity contribution in [3.05, 3.63) is 58.3 Å². The number of carbonyl (C=O) groups is 1. The monoisotopic (exact) mass is 498 g/mol. The van der Waals surface area contributed by atoms with Crippen LogP contribution in [0, 0.1) is 6.92 Å². The summed E-state index contributed by atoms with van der Waals surface area (Å²) in [4.78, 5) is 47.8. The first-order valence-corrected chi connectivity index (χ1v) is 12.1. The number of aryl methyl sites for hydroxylation is 2. The second kappa shape index (κ2) is 8.73. The Hall–Kier alpha value is -4.74. The van der Waals surface area contributed by atoms with Crippen LogP contribution in [0.15, 0.2) is 41.6 Å². The smallest absolute Gasteiger partial charge is 0.261 e. The Labute approximate surface area is 211 Å². The number of hydrogen-bond acceptors (Lipinski definition) is 8. The molecule has 1 aliphatic heterocycles. The van der Waals surface area contributed by atoms with Gasteiger partial charge in [-0.1, -0.05) is 0 Å². The zero-order valence-electron chi connectivity index (χ0n) is 20.7. The van der Waals surface area contributed by atoms with Crippen LogP contribution in [-0.4, -0.2) is 65.6 Å². The number of rotatable bonds is 5. The van der Waals surface area contributed by atoms with Crippen LogP contribution in [0.3, 0.4) is 0 Å².